The molecule has 0 spiro atoms. The summed E-state index contributed by atoms with van der Waals surface area (Å²) in [7, 11) is -4.26. The van der Waals surface area contributed by atoms with Gasteiger partial charge in [-0.2, -0.15) is 0 Å². The number of sulfonamides is 1. The van der Waals surface area contributed by atoms with E-state index in [0.717, 1.165) is 21.3 Å². The summed E-state index contributed by atoms with van der Waals surface area (Å²) >= 11 is 0. The number of amides is 2. The molecule has 3 aromatic carbocycles. The molecule has 3 aromatic rings. The first kappa shape index (κ1) is 28.8. The highest BCUT2D eigenvalue weighted by molar-refractivity contribution is 7.92. The highest BCUT2D eigenvalue weighted by Crippen LogP contribution is 2.25. The molecule has 2 amide bonds. The number of carbonyl (C=O) groups is 2. The fourth-order valence-corrected chi connectivity index (χ4v) is 5.15. The van der Waals surface area contributed by atoms with E-state index in [1.165, 1.54) is 49.4 Å². The Morgan fingerprint density at radius 3 is 2.11 bits per heavy atom. The zero-order valence-corrected chi connectivity index (χ0v) is 22.3. The molecule has 0 saturated heterocycles. The maximum Gasteiger partial charge on any atom is 0.264 e. The fourth-order valence-electron chi connectivity index (χ4n) is 3.71. The van der Waals surface area contributed by atoms with Crippen LogP contribution >= 0.6 is 0 Å². The smallest absolute Gasteiger partial charge is 0.264 e. The zero-order chi connectivity index (χ0) is 27.9. The summed E-state index contributed by atoms with van der Waals surface area (Å²) in [5, 5.41) is 2.81. The van der Waals surface area contributed by atoms with Gasteiger partial charge in [0, 0.05) is 18.2 Å². The van der Waals surface area contributed by atoms with E-state index < -0.39 is 46.1 Å². The van der Waals surface area contributed by atoms with E-state index in [1.54, 1.807) is 24.3 Å². The Bertz CT molecular complexity index is 1350. The van der Waals surface area contributed by atoms with Gasteiger partial charge in [0.15, 0.2) is 0 Å². The lowest BCUT2D eigenvalue weighted by molar-refractivity contribution is -0.139. The van der Waals surface area contributed by atoms with Gasteiger partial charge in [-0.15, -0.1) is 0 Å². The first-order valence-corrected chi connectivity index (χ1v) is 13.6. The lowest BCUT2D eigenvalue weighted by Gasteiger charge is -2.32. The monoisotopic (exact) mass is 543 g/mol. The number of carbonyl (C=O) groups excluding carboxylic acids is 2. The van der Waals surface area contributed by atoms with Gasteiger partial charge >= 0.3 is 0 Å². The van der Waals surface area contributed by atoms with Gasteiger partial charge in [-0.1, -0.05) is 43.3 Å². The molecule has 2 atom stereocenters. The predicted molar refractivity (Wildman–Crippen MR) is 142 cm³/mol. The Kier molecular flexibility index (Phi) is 9.57. The summed E-state index contributed by atoms with van der Waals surface area (Å²) < 4.78 is 56.2. The average Bonchev–Trinajstić information content (AvgIpc) is 2.91. The maximum absolute atomic E-state index is 14.5. The van der Waals surface area contributed by atoms with E-state index in [0.29, 0.717) is 6.42 Å². The van der Waals surface area contributed by atoms with Crippen molar-refractivity contribution in [2.75, 3.05) is 10.8 Å². The van der Waals surface area contributed by atoms with E-state index in [2.05, 4.69) is 5.32 Å². The van der Waals surface area contributed by atoms with Crippen LogP contribution in [0.4, 0.5) is 14.5 Å². The van der Waals surface area contributed by atoms with Crippen molar-refractivity contribution in [2.24, 2.45) is 0 Å². The molecule has 0 fully saturated rings. The fraction of sp³-hybridized carbons (Fsp3) is 0.286. The van der Waals surface area contributed by atoms with Gasteiger partial charge in [0.25, 0.3) is 10.0 Å². The molecule has 7 nitrogen and oxygen atoms in total. The summed E-state index contributed by atoms with van der Waals surface area (Å²) in [5.41, 5.74) is 0.231. The average molecular weight is 544 g/mol. The number of anilines is 1. The van der Waals surface area contributed by atoms with Crippen molar-refractivity contribution in [3.8, 4) is 0 Å². The van der Waals surface area contributed by atoms with Crippen molar-refractivity contribution in [1.29, 1.82) is 0 Å². The van der Waals surface area contributed by atoms with Gasteiger partial charge in [-0.3, -0.25) is 13.9 Å². The van der Waals surface area contributed by atoms with Crippen LogP contribution in [-0.2, 0) is 26.2 Å². The topological polar surface area (TPSA) is 86.8 Å². The third-order valence-electron chi connectivity index (χ3n) is 6.19. The second-order valence-electron chi connectivity index (χ2n) is 8.91. The molecule has 0 radical (unpaired) electrons. The molecule has 10 heteroatoms. The Balaban J connectivity index is 2.02. The number of hydrogen-bond donors (Lipinski definition) is 1. The van der Waals surface area contributed by atoms with Crippen molar-refractivity contribution in [3.05, 3.63) is 96.1 Å². The van der Waals surface area contributed by atoms with Gasteiger partial charge in [-0.05, 0) is 62.7 Å². The van der Waals surface area contributed by atoms with Crippen LogP contribution in [0.1, 0.15) is 32.8 Å². The van der Waals surface area contributed by atoms with Crippen LogP contribution in [0.15, 0.2) is 83.8 Å². The molecule has 1 N–H and O–H groups in total. The third kappa shape index (κ3) is 6.95. The van der Waals surface area contributed by atoms with E-state index in [1.807, 2.05) is 13.8 Å². The number of benzene rings is 3. The SMILES string of the molecule is CCC(C)NC(=O)C(C)N(Cc1ccccc1F)C(=O)CN(c1ccc(F)cc1)S(=O)(=O)c1ccccc1. The lowest BCUT2D eigenvalue weighted by Crippen LogP contribution is -2.52. The first-order valence-electron chi connectivity index (χ1n) is 12.2. The molecule has 0 heterocycles. The van der Waals surface area contributed by atoms with E-state index in [-0.39, 0.29) is 28.7 Å². The van der Waals surface area contributed by atoms with Crippen LogP contribution in [-0.4, -0.2) is 43.8 Å². The van der Waals surface area contributed by atoms with E-state index in [9.17, 15) is 26.8 Å². The van der Waals surface area contributed by atoms with E-state index in [4.69, 9.17) is 0 Å². The van der Waals surface area contributed by atoms with Crippen LogP contribution in [0.3, 0.4) is 0 Å². The van der Waals surface area contributed by atoms with Crippen molar-refractivity contribution in [1.82, 2.24) is 10.2 Å². The number of hydrogen-bond acceptors (Lipinski definition) is 4. The normalized spacial score (nSPS) is 12.9. The van der Waals surface area contributed by atoms with Gasteiger partial charge in [0.05, 0.1) is 10.6 Å². The van der Waals surface area contributed by atoms with Gasteiger partial charge in [-0.25, -0.2) is 17.2 Å². The number of nitrogens with one attached hydrogen (secondary N) is 1. The molecular weight excluding hydrogens is 512 g/mol. The van der Waals surface area contributed by atoms with Crippen molar-refractivity contribution >= 4 is 27.5 Å². The summed E-state index contributed by atoms with van der Waals surface area (Å²) in [6.45, 7) is 4.26. The standard InChI is InChI=1S/C28H31F2N3O4S/c1-4-20(2)31-28(35)21(3)32(18-22-10-8-9-13-26(22)30)27(34)19-33(24-16-14-23(29)15-17-24)38(36,37)25-11-6-5-7-12-25/h5-17,20-21H,4,18-19H2,1-3H3,(H,31,35). The van der Waals surface area contributed by atoms with Crippen LogP contribution in [0.2, 0.25) is 0 Å². The van der Waals surface area contributed by atoms with Crippen LogP contribution < -0.4 is 9.62 Å². The molecule has 0 bridgehead atoms. The molecular formula is C28H31F2N3O4S. The summed E-state index contributed by atoms with van der Waals surface area (Å²) in [5.74, 6) is -2.33. The van der Waals surface area contributed by atoms with Crippen molar-refractivity contribution in [3.63, 3.8) is 0 Å². The molecule has 3 rings (SSSR count). The highest BCUT2D eigenvalue weighted by Gasteiger charge is 2.33. The number of nitrogens with zero attached hydrogens (tertiary/aromatic N) is 2. The van der Waals surface area contributed by atoms with Gasteiger partial charge in [0.2, 0.25) is 11.8 Å². The van der Waals surface area contributed by atoms with Crippen molar-refractivity contribution < 1.29 is 26.8 Å². The molecule has 202 valence electrons. The number of halogens is 2. The van der Waals surface area contributed by atoms with Gasteiger partial charge in [0.1, 0.15) is 24.2 Å². The summed E-state index contributed by atoms with van der Waals surface area (Å²) in [6, 6.07) is 16.8. The summed E-state index contributed by atoms with van der Waals surface area (Å²) in [6.07, 6.45) is 0.660. The quantitative estimate of drug-likeness (QED) is 0.386. The minimum atomic E-state index is -4.26. The largest absolute Gasteiger partial charge is 0.352 e. The Morgan fingerprint density at radius 1 is 0.895 bits per heavy atom. The van der Waals surface area contributed by atoms with Crippen LogP contribution in [0.25, 0.3) is 0 Å². The Morgan fingerprint density at radius 2 is 1.50 bits per heavy atom. The first-order chi connectivity index (χ1) is 18.0. The third-order valence-corrected chi connectivity index (χ3v) is 7.98. The molecule has 0 aliphatic carbocycles. The second kappa shape index (κ2) is 12.6. The number of rotatable bonds is 11. The summed E-state index contributed by atoms with van der Waals surface area (Å²) in [4.78, 5) is 27.8. The molecule has 0 aliphatic heterocycles. The molecule has 2 unspecified atom stereocenters. The Hall–Kier alpha value is -3.79. The minimum Gasteiger partial charge on any atom is -0.352 e. The van der Waals surface area contributed by atoms with Crippen LogP contribution in [0.5, 0.6) is 0 Å². The van der Waals surface area contributed by atoms with Gasteiger partial charge < -0.3 is 10.2 Å². The zero-order valence-electron chi connectivity index (χ0n) is 21.5. The van der Waals surface area contributed by atoms with Crippen LogP contribution in [0, 0.1) is 11.6 Å². The Labute approximate surface area is 222 Å². The van der Waals surface area contributed by atoms with E-state index >= 15 is 0 Å². The maximum atomic E-state index is 14.5. The second-order valence-corrected chi connectivity index (χ2v) is 10.8. The van der Waals surface area contributed by atoms with Crippen molar-refractivity contribution in [2.45, 2.75) is 50.7 Å². The molecule has 38 heavy (non-hydrogen) atoms. The molecule has 0 aliphatic rings. The lowest BCUT2D eigenvalue weighted by atomic mass is 10.1. The molecule has 0 aromatic heterocycles. The highest BCUT2D eigenvalue weighted by atomic mass is 32.2. The minimum absolute atomic E-state index is 0.0613. The predicted octanol–water partition coefficient (Wildman–Crippen LogP) is 4.49. The molecule has 0 saturated carbocycles.